The molecule has 1 atom stereocenters. The van der Waals surface area contributed by atoms with Gasteiger partial charge in [-0.25, -0.2) is 0 Å². The van der Waals surface area contributed by atoms with Crippen LogP contribution < -0.4 is 5.73 Å². The minimum absolute atomic E-state index is 0.168. The molecule has 0 amide bonds. The van der Waals surface area contributed by atoms with Crippen molar-refractivity contribution in [1.29, 1.82) is 0 Å². The van der Waals surface area contributed by atoms with Crippen LogP contribution in [0.25, 0.3) is 0 Å². The fraction of sp³-hybridized carbons (Fsp3) is 0.364. The van der Waals surface area contributed by atoms with Gasteiger partial charge < -0.3 is 5.73 Å². The van der Waals surface area contributed by atoms with E-state index in [-0.39, 0.29) is 6.04 Å². The molecule has 0 fully saturated rings. The van der Waals surface area contributed by atoms with Crippen LogP contribution in [-0.2, 0) is 0 Å². The monoisotopic (exact) mass is 176 g/mol. The number of aliphatic imine (C=N–C) groups is 1. The Morgan fingerprint density at radius 1 is 1.38 bits per heavy atom. The number of nitrogens with two attached hydrogens (primary N) is 1. The molecule has 0 saturated carbocycles. The SMILES string of the molecule is CCC(N)=NC(C)c1ccccc1. The lowest BCUT2D eigenvalue weighted by atomic mass is 10.1. The predicted molar refractivity (Wildman–Crippen MR) is 56.8 cm³/mol. The highest BCUT2D eigenvalue weighted by Crippen LogP contribution is 2.15. The molecule has 0 heterocycles. The Hall–Kier alpha value is -1.31. The molecule has 13 heavy (non-hydrogen) atoms. The van der Waals surface area contributed by atoms with Crippen molar-refractivity contribution in [3.63, 3.8) is 0 Å². The zero-order chi connectivity index (χ0) is 9.68. The Morgan fingerprint density at radius 3 is 2.54 bits per heavy atom. The summed E-state index contributed by atoms with van der Waals surface area (Å²) in [6.07, 6.45) is 0.817. The topological polar surface area (TPSA) is 38.4 Å². The Kier molecular flexibility index (Phi) is 3.50. The van der Waals surface area contributed by atoms with Gasteiger partial charge in [0.25, 0.3) is 0 Å². The number of rotatable bonds is 3. The molecule has 0 aliphatic carbocycles. The first-order valence-corrected chi connectivity index (χ1v) is 4.61. The molecule has 0 spiro atoms. The fourth-order valence-electron chi connectivity index (χ4n) is 1.15. The first-order valence-electron chi connectivity index (χ1n) is 4.61. The fourth-order valence-corrected chi connectivity index (χ4v) is 1.15. The van der Waals surface area contributed by atoms with Crippen LogP contribution in [0.1, 0.15) is 31.9 Å². The Balaban J connectivity index is 2.75. The maximum Gasteiger partial charge on any atom is 0.0941 e. The average Bonchev–Trinajstić information content (AvgIpc) is 2.19. The number of hydrogen-bond donors (Lipinski definition) is 1. The molecule has 1 aromatic carbocycles. The second-order valence-electron chi connectivity index (χ2n) is 3.06. The third-order valence-electron chi connectivity index (χ3n) is 2.00. The van der Waals surface area contributed by atoms with E-state index in [9.17, 15) is 0 Å². The van der Waals surface area contributed by atoms with Crippen molar-refractivity contribution >= 4 is 5.84 Å². The summed E-state index contributed by atoms with van der Waals surface area (Å²) >= 11 is 0. The van der Waals surface area contributed by atoms with E-state index in [1.165, 1.54) is 5.56 Å². The predicted octanol–water partition coefficient (Wildman–Crippen LogP) is 2.51. The molecular formula is C11H16N2. The van der Waals surface area contributed by atoms with Gasteiger partial charge in [0.05, 0.1) is 11.9 Å². The van der Waals surface area contributed by atoms with Gasteiger partial charge in [-0.1, -0.05) is 37.3 Å². The van der Waals surface area contributed by atoms with E-state index in [1.807, 2.05) is 25.1 Å². The summed E-state index contributed by atoms with van der Waals surface area (Å²) in [5.74, 6) is 0.719. The van der Waals surface area contributed by atoms with Crippen LogP contribution in [0.4, 0.5) is 0 Å². The molecule has 70 valence electrons. The van der Waals surface area contributed by atoms with Crippen LogP contribution >= 0.6 is 0 Å². The normalized spacial score (nSPS) is 14.2. The standard InChI is InChI=1S/C11H16N2/c1-3-11(12)13-9(2)10-7-5-4-6-8-10/h4-9H,3H2,1-2H3,(H2,12,13). The van der Waals surface area contributed by atoms with Gasteiger partial charge in [-0.2, -0.15) is 0 Å². The van der Waals surface area contributed by atoms with Gasteiger partial charge >= 0.3 is 0 Å². The van der Waals surface area contributed by atoms with Crippen LogP contribution in [-0.4, -0.2) is 5.84 Å². The van der Waals surface area contributed by atoms with Crippen molar-refractivity contribution < 1.29 is 0 Å². The maximum absolute atomic E-state index is 5.66. The van der Waals surface area contributed by atoms with Gasteiger partial charge in [-0.3, -0.25) is 4.99 Å². The number of hydrogen-bond acceptors (Lipinski definition) is 1. The largest absolute Gasteiger partial charge is 0.387 e. The molecule has 1 rings (SSSR count). The van der Waals surface area contributed by atoms with E-state index in [0.717, 1.165) is 12.3 Å². The molecule has 1 unspecified atom stereocenters. The summed E-state index contributed by atoms with van der Waals surface area (Å²) in [4.78, 5) is 4.36. The lowest BCUT2D eigenvalue weighted by Gasteiger charge is -2.07. The number of benzene rings is 1. The van der Waals surface area contributed by atoms with Crippen molar-refractivity contribution in [2.75, 3.05) is 0 Å². The van der Waals surface area contributed by atoms with E-state index < -0.39 is 0 Å². The summed E-state index contributed by atoms with van der Waals surface area (Å²) in [5, 5.41) is 0. The summed E-state index contributed by atoms with van der Waals surface area (Å²) in [5.41, 5.74) is 6.87. The van der Waals surface area contributed by atoms with Crippen LogP contribution in [0, 0.1) is 0 Å². The van der Waals surface area contributed by atoms with Crippen LogP contribution in [0.2, 0.25) is 0 Å². The van der Waals surface area contributed by atoms with Crippen molar-refractivity contribution in [2.24, 2.45) is 10.7 Å². The van der Waals surface area contributed by atoms with Gasteiger partial charge in [0.2, 0.25) is 0 Å². The van der Waals surface area contributed by atoms with Crippen molar-refractivity contribution in [1.82, 2.24) is 0 Å². The van der Waals surface area contributed by atoms with Crippen LogP contribution in [0.15, 0.2) is 35.3 Å². The summed E-state index contributed by atoms with van der Waals surface area (Å²) < 4.78 is 0. The lowest BCUT2D eigenvalue weighted by Crippen LogP contribution is -2.11. The van der Waals surface area contributed by atoms with Crippen LogP contribution in [0.5, 0.6) is 0 Å². The first-order chi connectivity index (χ1) is 6.24. The first kappa shape index (κ1) is 9.78. The molecule has 2 nitrogen and oxygen atoms in total. The number of nitrogens with zero attached hydrogens (tertiary/aromatic N) is 1. The highest BCUT2D eigenvalue weighted by Gasteiger charge is 2.01. The average molecular weight is 176 g/mol. The lowest BCUT2D eigenvalue weighted by molar-refractivity contribution is 0.812. The molecule has 2 N–H and O–H groups in total. The highest BCUT2D eigenvalue weighted by atomic mass is 14.9. The molecule has 2 heteroatoms. The molecule has 0 aromatic heterocycles. The quantitative estimate of drug-likeness (QED) is 0.557. The zero-order valence-electron chi connectivity index (χ0n) is 8.20. The third-order valence-corrected chi connectivity index (χ3v) is 2.00. The molecule has 0 radical (unpaired) electrons. The van der Waals surface area contributed by atoms with Crippen LogP contribution in [0.3, 0.4) is 0 Å². The minimum Gasteiger partial charge on any atom is -0.387 e. The van der Waals surface area contributed by atoms with Gasteiger partial charge in [0.1, 0.15) is 0 Å². The minimum atomic E-state index is 0.168. The van der Waals surface area contributed by atoms with E-state index in [4.69, 9.17) is 5.73 Å². The highest BCUT2D eigenvalue weighted by molar-refractivity contribution is 5.80. The maximum atomic E-state index is 5.66. The second kappa shape index (κ2) is 4.65. The third kappa shape index (κ3) is 2.90. The van der Waals surface area contributed by atoms with E-state index >= 15 is 0 Å². The molecule has 1 aromatic rings. The number of amidine groups is 1. The van der Waals surface area contributed by atoms with E-state index in [2.05, 4.69) is 24.0 Å². The Bertz CT molecular complexity index is 277. The van der Waals surface area contributed by atoms with Gasteiger partial charge in [0.15, 0.2) is 0 Å². The van der Waals surface area contributed by atoms with Gasteiger partial charge in [-0.15, -0.1) is 0 Å². The molecule has 0 saturated heterocycles. The summed E-state index contributed by atoms with van der Waals surface area (Å²) in [7, 11) is 0. The van der Waals surface area contributed by atoms with Crippen molar-refractivity contribution in [2.45, 2.75) is 26.3 Å². The molecule has 0 bridgehead atoms. The zero-order valence-corrected chi connectivity index (χ0v) is 8.20. The van der Waals surface area contributed by atoms with Gasteiger partial charge in [-0.05, 0) is 12.5 Å². The molecule has 0 aliphatic heterocycles. The van der Waals surface area contributed by atoms with E-state index in [0.29, 0.717) is 0 Å². The van der Waals surface area contributed by atoms with Gasteiger partial charge in [0, 0.05) is 6.42 Å². The second-order valence-corrected chi connectivity index (χ2v) is 3.06. The smallest absolute Gasteiger partial charge is 0.0941 e. The van der Waals surface area contributed by atoms with Crippen molar-refractivity contribution in [3.05, 3.63) is 35.9 Å². The Morgan fingerprint density at radius 2 is 2.00 bits per heavy atom. The van der Waals surface area contributed by atoms with E-state index in [1.54, 1.807) is 0 Å². The summed E-state index contributed by atoms with van der Waals surface area (Å²) in [6.45, 7) is 4.06. The van der Waals surface area contributed by atoms with Crippen molar-refractivity contribution in [3.8, 4) is 0 Å². The molecule has 0 aliphatic rings. The summed E-state index contributed by atoms with van der Waals surface area (Å²) in [6, 6.07) is 10.3. The Labute approximate surface area is 79.5 Å². The molecular weight excluding hydrogens is 160 g/mol.